The molecule has 0 aliphatic heterocycles. The van der Waals surface area contributed by atoms with Crippen molar-refractivity contribution in [1.29, 1.82) is 0 Å². The van der Waals surface area contributed by atoms with E-state index in [2.05, 4.69) is 26.1 Å². The summed E-state index contributed by atoms with van der Waals surface area (Å²) in [6, 6.07) is 7.74. The highest BCUT2D eigenvalue weighted by atomic mass is 16.2. The molecule has 0 radical (unpaired) electrons. The number of benzene rings is 1. The van der Waals surface area contributed by atoms with E-state index in [1.165, 1.54) is 0 Å². The molecular weight excluding hydrogens is 236 g/mol. The highest BCUT2D eigenvalue weighted by Gasteiger charge is 2.15. The zero-order valence-electron chi connectivity index (χ0n) is 12.6. The summed E-state index contributed by atoms with van der Waals surface area (Å²) in [7, 11) is 1.88. The fourth-order valence-electron chi connectivity index (χ4n) is 1.84. The van der Waals surface area contributed by atoms with Crippen LogP contribution in [0.3, 0.4) is 0 Å². The Labute approximate surface area is 117 Å². The zero-order chi connectivity index (χ0) is 14.3. The van der Waals surface area contributed by atoms with E-state index in [1.54, 1.807) is 0 Å². The predicted octanol–water partition coefficient (Wildman–Crippen LogP) is 3.63. The summed E-state index contributed by atoms with van der Waals surface area (Å²) in [4.78, 5) is 14.2. The third-order valence-electron chi connectivity index (χ3n) is 3.11. The Morgan fingerprint density at radius 1 is 1.32 bits per heavy atom. The van der Waals surface area contributed by atoms with Crippen molar-refractivity contribution < 1.29 is 4.79 Å². The van der Waals surface area contributed by atoms with Gasteiger partial charge in [0.1, 0.15) is 0 Å². The third-order valence-corrected chi connectivity index (χ3v) is 3.11. The summed E-state index contributed by atoms with van der Waals surface area (Å²) in [6.45, 7) is 8.16. The van der Waals surface area contributed by atoms with Gasteiger partial charge in [0, 0.05) is 25.8 Å². The minimum Gasteiger partial charge on any atom is -0.384 e. The first-order chi connectivity index (χ1) is 9.06. The predicted molar refractivity (Wildman–Crippen MR) is 81.6 cm³/mol. The molecule has 0 heterocycles. The summed E-state index contributed by atoms with van der Waals surface area (Å²) < 4.78 is 0. The molecule has 3 heteroatoms. The first kappa shape index (κ1) is 15.5. The van der Waals surface area contributed by atoms with Crippen LogP contribution >= 0.6 is 0 Å². The molecular formula is C16H26N2O. The summed E-state index contributed by atoms with van der Waals surface area (Å²) >= 11 is 0. The average molecular weight is 262 g/mol. The van der Waals surface area contributed by atoms with E-state index in [1.807, 2.05) is 36.2 Å². The van der Waals surface area contributed by atoms with Gasteiger partial charge in [-0.05, 0) is 30.9 Å². The van der Waals surface area contributed by atoms with Gasteiger partial charge < -0.3 is 10.2 Å². The molecule has 1 aromatic carbocycles. The number of nitrogens with zero attached hydrogens (tertiary/aromatic N) is 1. The molecule has 1 N–H and O–H groups in total. The van der Waals surface area contributed by atoms with Crippen molar-refractivity contribution in [2.75, 3.05) is 25.5 Å². The van der Waals surface area contributed by atoms with E-state index in [0.29, 0.717) is 5.92 Å². The topological polar surface area (TPSA) is 32.3 Å². The van der Waals surface area contributed by atoms with Crippen molar-refractivity contribution in [2.45, 2.75) is 33.6 Å². The number of hydrogen-bond acceptors (Lipinski definition) is 2. The lowest BCUT2D eigenvalue weighted by atomic mass is 10.1. The lowest BCUT2D eigenvalue weighted by molar-refractivity contribution is 0.0790. The maximum Gasteiger partial charge on any atom is 0.255 e. The van der Waals surface area contributed by atoms with E-state index in [0.717, 1.165) is 37.2 Å². The molecule has 1 amide bonds. The number of rotatable bonds is 7. The Bertz CT molecular complexity index is 401. The summed E-state index contributed by atoms with van der Waals surface area (Å²) in [5.41, 5.74) is 1.70. The maximum absolute atomic E-state index is 12.4. The highest BCUT2D eigenvalue weighted by molar-refractivity contribution is 5.99. The molecule has 0 saturated carbocycles. The van der Waals surface area contributed by atoms with Gasteiger partial charge in [0.05, 0.1) is 5.56 Å². The van der Waals surface area contributed by atoms with Crippen LogP contribution < -0.4 is 5.32 Å². The minimum atomic E-state index is 0.0971. The van der Waals surface area contributed by atoms with Crippen molar-refractivity contribution in [2.24, 2.45) is 5.92 Å². The Morgan fingerprint density at radius 2 is 2.00 bits per heavy atom. The smallest absolute Gasteiger partial charge is 0.255 e. The van der Waals surface area contributed by atoms with Gasteiger partial charge in [-0.15, -0.1) is 0 Å². The molecule has 0 aliphatic rings. The number of amides is 1. The van der Waals surface area contributed by atoms with Gasteiger partial charge in [-0.2, -0.15) is 0 Å². The number of anilines is 1. The van der Waals surface area contributed by atoms with E-state index in [4.69, 9.17) is 0 Å². The number of carbonyl (C=O) groups is 1. The number of hydrogen-bond donors (Lipinski definition) is 1. The van der Waals surface area contributed by atoms with Crippen molar-refractivity contribution >= 4 is 11.6 Å². The molecule has 0 saturated heterocycles. The third kappa shape index (κ3) is 4.93. The fourth-order valence-corrected chi connectivity index (χ4v) is 1.84. The molecule has 0 aromatic heterocycles. The van der Waals surface area contributed by atoms with Crippen LogP contribution in [0, 0.1) is 5.92 Å². The standard InChI is InChI=1S/C16H26N2O/c1-5-11-17-15-9-7-6-8-14(15)16(19)18(4)12-10-13(2)3/h6-9,13,17H,5,10-12H2,1-4H3. The normalized spacial score (nSPS) is 10.6. The van der Waals surface area contributed by atoms with Gasteiger partial charge in [0.15, 0.2) is 0 Å². The van der Waals surface area contributed by atoms with Gasteiger partial charge in [-0.25, -0.2) is 0 Å². The van der Waals surface area contributed by atoms with Gasteiger partial charge in [0.25, 0.3) is 5.91 Å². The first-order valence-electron chi connectivity index (χ1n) is 7.14. The molecule has 0 aliphatic carbocycles. The first-order valence-corrected chi connectivity index (χ1v) is 7.14. The molecule has 19 heavy (non-hydrogen) atoms. The van der Waals surface area contributed by atoms with E-state index >= 15 is 0 Å². The van der Waals surface area contributed by atoms with Crippen molar-refractivity contribution in [3.63, 3.8) is 0 Å². The lowest BCUT2D eigenvalue weighted by Crippen LogP contribution is -2.29. The van der Waals surface area contributed by atoms with E-state index in [-0.39, 0.29) is 5.91 Å². The Kier molecular flexibility index (Phi) is 6.40. The highest BCUT2D eigenvalue weighted by Crippen LogP contribution is 2.17. The quantitative estimate of drug-likeness (QED) is 0.814. The molecule has 106 valence electrons. The van der Waals surface area contributed by atoms with Crippen LogP contribution in [0.25, 0.3) is 0 Å². The van der Waals surface area contributed by atoms with E-state index in [9.17, 15) is 4.79 Å². The summed E-state index contributed by atoms with van der Waals surface area (Å²) in [5, 5.41) is 3.32. The van der Waals surface area contributed by atoms with Crippen LogP contribution in [0.2, 0.25) is 0 Å². The monoisotopic (exact) mass is 262 g/mol. The van der Waals surface area contributed by atoms with Crippen molar-refractivity contribution in [3.8, 4) is 0 Å². The molecule has 0 spiro atoms. The average Bonchev–Trinajstić information content (AvgIpc) is 2.42. The van der Waals surface area contributed by atoms with Crippen molar-refractivity contribution in [3.05, 3.63) is 29.8 Å². The number of para-hydroxylation sites is 1. The minimum absolute atomic E-state index is 0.0971. The molecule has 0 atom stereocenters. The fraction of sp³-hybridized carbons (Fsp3) is 0.562. The summed E-state index contributed by atoms with van der Waals surface area (Å²) in [6.07, 6.45) is 2.08. The Hall–Kier alpha value is -1.51. The van der Waals surface area contributed by atoms with Gasteiger partial charge in [-0.3, -0.25) is 4.79 Å². The van der Waals surface area contributed by atoms with Crippen LogP contribution in [0.1, 0.15) is 44.0 Å². The van der Waals surface area contributed by atoms with Crippen LogP contribution in [0.15, 0.2) is 24.3 Å². The van der Waals surface area contributed by atoms with Gasteiger partial charge in [0.2, 0.25) is 0 Å². The second kappa shape index (κ2) is 7.82. The van der Waals surface area contributed by atoms with E-state index < -0.39 is 0 Å². The SMILES string of the molecule is CCCNc1ccccc1C(=O)N(C)CCC(C)C. The van der Waals surface area contributed by atoms with Crippen LogP contribution in [0.5, 0.6) is 0 Å². The van der Waals surface area contributed by atoms with Crippen molar-refractivity contribution in [1.82, 2.24) is 4.90 Å². The van der Waals surface area contributed by atoms with Crippen LogP contribution in [-0.2, 0) is 0 Å². The second-order valence-electron chi connectivity index (χ2n) is 5.38. The Morgan fingerprint density at radius 3 is 2.63 bits per heavy atom. The Balaban J connectivity index is 2.74. The molecule has 0 fully saturated rings. The van der Waals surface area contributed by atoms with Gasteiger partial charge >= 0.3 is 0 Å². The van der Waals surface area contributed by atoms with Gasteiger partial charge in [-0.1, -0.05) is 32.9 Å². The molecule has 0 bridgehead atoms. The van der Waals surface area contributed by atoms with Crippen LogP contribution in [-0.4, -0.2) is 30.9 Å². The number of nitrogens with one attached hydrogen (secondary N) is 1. The molecule has 3 nitrogen and oxygen atoms in total. The van der Waals surface area contributed by atoms with Crippen LogP contribution in [0.4, 0.5) is 5.69 Å². The maximum atomic E-state index is 12.4. The lowest BCUT2D eigenvalue weighted by Gasteiger charge is -2.20. The summed E-state index contributed by atoms with van der Waals surface area (Å²) in [5.74, 6) is 0.712. The molecule has 1 aromatic rings. The number of carbonyl (C=O) groups excluding carboxylic acids is 1. The zero-order valence-corrected chi connectivity index (χ0v) is 12.6. The second-order valence-corrected chi connectivity index (χ2v) is 5.38. The largest absolute Gasteiger partial charge is 0.384 e. The molecule has 1 rings (SSSR count). The molecule has 0 unspecified atom stereocenters.